The van der Waals surface area contributed by atoms with Crippen LogP contribution in [0.2, 0.25) is 0 Å². The van der Waals surface area contributed by atoms with Crippen LogP contribution in [0.5, 0.6) is 0 Å². The molecule has 0 bridgehead atoms. The Labute approximate surface area is 158 Å². The van der Waals surface area contributed by atoms with E-state index in [4.69, 9.17) is 14.3 Å². The fourth-order valence-electron chi connectivity index (χ4n) is 3.16. The minimum absolute atomic E-state index is 0.294. The van der Waals surface area contributed by atoms with Crippen LogP contribution in [0.3, 0.4) is 0 Å². The Bertz CT molecular complexity index is 946. The average Bonchev–Trinajstić information content (AvgIpc) is 3.25. The summed E-state index contributed by atoms with van der Waals surface area (Å²) >= 11 is 0. The summed E-state index contributed by atoms with van der Waals surface area (Å²) in [5.41, 5.74) is 2.86. The van der Waals surface area contributed by atoms with Crippen LogP contribution in [-0.4, -0.2) is 28.3 Å². The molecule has 0 saturated carbocycles. The van der Waals surface area contributed by atoms with Crippen molar-refractivity contribution >= 4 is 5.90 Å². The third-order valence-electron chi connectivity index (χ3n) is 4.55. The molecule has 27 heavy (non-hydrogen) atoms. The predicted molar refractivity (Wildman–Crippen MR) is 104 cm³/mol. The van der Waals surface area contributed by atoms with Gasteiger partial charge in [0, 0.05) is 12.0 Å². The SMILES string of the molecule is CC1(C)COC(c2c(-c3ccccc3)noc2C[C@H](O)c2ccccc2)=N1. The second-order valence-corrected chi connectivity index (χ2v) is 7.34. The maximum Gasteiger partial charge on any atom is 0.222 e. The van der Waals surface area contributed by atoms with Crippen molar-refractivity contribution in [2.75, 3.05) is 6.61 Å². The summed E-state index contributed by atoms with van der Waals surface area (Å²) in [5.74, 6) is 1.09. The maximum absolute atomic E-state index is 10.7. The first-order valence-electron chi connectivity index (χ1n) is 9.03. The molecular weight excluding hydrogens is 340 g/mol. The third kappa shape index (κ3) is 3.64. The first-order valence-corrected chi connectivity index (χ1v) is 9.03. The number of aliphatic hydroxyl groups is 1. The van der Waals surface area contributed by atoms with Crippen LogP contribution < -0.4 is 0 Å². The predicted octanol–water partition coefficient (Wildman–Crippen LogP) is 4.17. The highest BCUT2D eigenvalue weighted by molar-refractivity contribution is 6.01. The summed E-state index contributed by atoms with van der Waals surface area (Å²) in [6.07, 6.45) is -0.404. The first-order chi connectivity index (χ1) is 13.0. The molecule has 0 spiro atoms. The quantitative estimate of drug-likeness (QED) is 0.739. The number of rotatable bonds is 5. The lowest BCUT2D eigenvalue weighted by Gasteiger charge is -2.10. The van der Waals surface area contributed by atoms with Crippen molar-refractivity contribution in [3.8, 4) is 11.3 Å². The Kier molecular flexibility index (Phi) is 4.54. The van der Waals surface area contributed by atoms with Gasteiger partial charge in [-0.2, -0.15) is 0 Å². The summed E-state index contributed by atoms with van der Waals surface area (Å²) < 4.78 is 11.5. The van der Waals surface area contributed by atoms with Crippen LogP contribution in [-0.2, 0) is 11.2 Å². The largest absolute Gasteiger partial charge is 0.475 e. The number of aliphatic imine (C=N–C) groups is 1. The van der Waals surface area contributed by atoms with Crippen molar-refractivity contribution in [3.63, 3.8) is 0 Å². The summed E-state index contributed by atoms with van der Waals surface area (Å²) in [5, 5.41) is 14.9. The van der Waals surface area contributed by atoms with Gasteiger partial charge in [-0.1, -0.05) is 65.8 Å². The van der Waals surface area contributed by atoms with Crippen molar-refractivity contribution in [2.45, 2.75) is 31.9 Å². The molecule has 2 aromatic carbocycles. The smallest absolute Gasteiger partial charge is 0.222 e. The lowest BCUT2D eigenvalue weighted by Crippen LogP contribution is -2.17. The lowest BCUT2D eigenvalue weighted by atomic mass is 10.00. The van der Waals surface area contributed by atoms with Gasteiger partial charge < -0.3 is 14.4 Å². The van der Waals surface area contributed by atoms with E-state index in [0.717, 1.165) is 16.7 Å². The second-order valence-electron chi connectivity index (χ2n) is 7.34. The van der Waals surface area contributed by atoms with Crippen molar-refractivity contribution < 1.29 is 14.4 Å². The van der Waals surface area contributed by atoms with Gasteiger partial charge in [-0.15, -0.1) is 0 Å². The Balaban J connectivity index is 1.75. The van der Waals surface area contributed by atoms with E-state index in [-0.39, 0.29) is 5.54 Å². The maximum atomic E-state index is 10.7. The van der Waals surface area contributed by atoms with E-state index in [2.05, 4.69) is 5.16 Å². The van der Waals surface area contributed by atoms with Crippen LogP contribution in [0.25, 0.3) is 11.3 Å². The third-order valence-corrected chi connectivity index (χ3v) is 4.55. The van der Waals surface area contributed by atoms with Gasteiger partial charge in [-0.05, 0) is 19.4 Å². The second kappa shape index (κ2) is 7.00. The zero-order valence-corrected chi connectivity index (χ0v) is 15.4. The summed E-state index contributed by atoms with van der Waals surface area (Å²) in [6, 6.07) is 19.3. The summed E-state index contributed by atoms with van der Waals surface area (Å²) in [6.45, 7) is 4.55. The number of ether oxygens (including phenoxy) is 1. The number of aromatic nitrogens is 1. The Hall–Kier alpha value is -2.92. The molecule has 0 saturated heterocycles. The molecule has 1 atom stereocenters. The highest BCUT2D eigenvalue weighted by Crippen LogP contribution is 2.32. The average molecular weight is 362 g/mol. The van der Waals surface area contributed by atoms with Crippen LogP contribution in [0.4, 0.5) is 0 Å². The van der Waals surface area contributed by atoms with Crippen molar-refractivity contribution in [1.82, 2.24) is 5.16 Å². The molecule has 138 valence electrons. The van der Waals surface area contributed by atoms with E-state index in [1.54, 1.807) is 0 Å². The molecule has 3 aromatic rings. The molecule has 5 nitrogen and oxygen atoms in total. The minimum atomic E-state index is -0.698. The van der Waals surface area contributed by atoms with Crippen molar-refractivity contribution in [3.05, 3.63) is 77.6 Å². The Morgan fingerprint density at radius 2 is 1.70 bits per heavy atom. The Morgan fingerprint density at radius 1 is 1.04 bits per heavy atom. The molecule has 5 heteroatoms. The highest BCUT2D eigenvalue weighted by atomic mass is 16.5. The monoisotopic (exact) mass is 362 g/mol. The summed E-state index contributed by atoms with van der Waals surface area (Å²) in [4.78, 5) is 4.70. The molecule has 1 aliphatic rings. The molecule has 0 amide bonds. The standard InChI is InChI=1S/C22H22N2O3/c1-22(2)14-26-21(23-22)19-18(13-17(25)15-9-5-3-6-10-15)27-24-20(19)16-11-7-4-8-12-16/h3-12,17,25H,13-14H2,1-2H3/t17-/m0/s1. The van der Waals surface area contributed by atoms with E-state index < -0.39 is 6.10 Å². The zero-order valence-electron chi connectivity index (χ0n) is 15.4. The van der Waals surface area contributed by atoms with Crippen LogP contribution >= 0.6 is 0 Å². The molecule has 0 aliphatic carbocycles. The van der Waals surface area contributed by atoms with Crippen LogP contribution in [0.15, 0.2) is 70.2 Å². The van der Waals surface area contributed by atoms with E-state index >= 15 is 0 Å². The van der Waals surface area contributed by atoms with Crippen LogP contribution in [0.1, 0.15) is 36.8 Å². The fourth-order valence-corrected chi connectivity index (χ4v) is 3.16. The molecule has 0 fully saturated rings. The molecule has 1 aromatic heterocycles. The Morgan fingerprint density at radius 3 is 2.33 bits per heavy atom. The number of aliphatic hydroxyl groups excluding tert-OH is 1. The topological polar surface area (TPSA) is 67.9 Å². The van der Waals surface area contributed by atoms with E-state index in [1.807, 2.05) is 74.5 Å². The van der Waals surface area contributed by atoms with E-state index in [0.29, 0.717) is 30.4 Å². The van der Waals surface area contributed by atoms with Crippen molar-refractivity contribution in [1.29, 1.82) is 0 Å². The van der Waals surface area contributed by atoms with Crippen molar-refractivity contribution in [2.24, 2.45) is 4.99 Å². The molecule has 1 aliphatic heterocycles. The lowest BCUT2D eigenvalue weighted by molar-refractivity contribution is 0.166. The first kappa shape index (κ1) is 17.5. The minimum Gasteiger partial charge on any atom is -0.475 e. The van der Waals surface area contributed by atoms with Gasteiger partial charge in [0.2, 0.25) is 5.90 Å². The van der Waals surface area contributed by atoms with Gasteiger partial charge in [0.1, 0.15) is 17.9 Å². The van der Waals surface area contributed by atoms with E-state index in [9.17, 15) is 5.11 Å². The molecule has 0 unspecified atom stereocenters. The molecule has 4 rings (SSSR count). The van der Waals surface area contributed by atoms with Gasteiger partial charge in [0.15, 0.2) is 5.76 Å². The number of benzene rings is 2. The highest BCUT2D eigenvalue weighted by Gasteiger charge is 2.33. The zero-order chi connectivity index (χ0) is 18.9. The molecule has 1 N–H and O–H groups in total. The van der Waals surface area contributed by atoms with Gasteiger partial charge in [0.25, 0.3) is 0 Å². The fraction of sp³-hybridized carbons (Fsp3) is 0.273. The summed E-state index contributed by atoms with van der Waals surface area (Å²) in [7, 11) is 0. The number of hydrogen-bond donors (Lipinski definition) is 1. The van der Waals surface area contributed by atoms with Gasteiger partial charge in [-0.25, -0.2) is 4.99 Å². The molecule has 2 heterocycles. The molecular formula is C22H22N2O3. The van der Waals surface area contributed by atoms with Gasteiger partial charge >= 0.3 is 0 Å². The normalized spacial score (nSPS) is 16.6. The van der Waals surface area contributed by atoms with Crippen LogP contribution in [0, 0.1) is 0 Å². The van der Waals surface area contributed by atoms with Gasteiger partial charge in [-0.3, -0.25) is 0 Å². The number of hydrogen-bond acceptors (Lipinski definition) is 5. The molecule has 0 radical (unpaired) electrons. The van der Waals surface area contributed by atoms with Gasteiger partial charge in [0.05, 0.1) is 11.6 Å². The number of nitrogens with zero attached hydrogens (tertiary/aromatic N) is 2. The van der Waals surface area contributed by atoms with E-state index in [1.165, 1.54) is 0 Å².